The maximum Gasteiger partial charge on any atom is 0.323 e. The second-order valence-corrected chi connectivity index (χ2v) is 6.76. The smallest absolute Gasteiger partial charge is 0.323 e. The SMILES string of the molecule is C.CC(C)(C)N(Cc1nccn1CC(=O)O)Cc1nccn1CC(=O)O. The molecule has 0 aliphatic carbocycles. The lowest BCUT2D eigenvalue weighted by molar-refractivity contribution is -0.138. The van der Waals surface area contributed by atoms with Crippen LogP contribution in [0.5, 0.6) is 0 Å². The summed E-state index contributed by atoms with van der Waals surface area (Å²) >= 11 is 0. The minimum Gasteiger partial charge on any atom is -0.480 e. The van der Waals surface area contributed by atoms with E-state index in [2.05, 4.69) is 14.9 Å². The number of hydrogen-bond acceptors (Lipinski definition) is 5. The summed E-state index contributed by atoms with van der Waals surface area (Å²) in [5, 5.41) is 18.0. The van der Waals surface area contributed by atoms with Gasteiger partial charge in [0.1, 0.15) is 24.7 Å². The van der Waals surface area contributed by atoms with Gasteiger partial charge in [0.25, 0.3) is 0 Å². The summed E-state index contributed by atoms with van der Waals surface area (Å²) in [6.45, 7) is 6.63. The van der Waals surface area contributed by atoms with E-state index in [0.29, 0.717) is 24.7 Å². The number of carbonyl (C=O) groups is 2. The summed E-state index contributed by atoms with van der Waals surface area (Å²) < 4.78 is 3.18. The Labute approximate surface area is 152 Å². The lowest BCUT2D eigenvalue weighted by Crippen LogP contribution is -2.41. The Balaban J connectivity index is 0.00000338. The molecule has 0 saturated heterocycles. The zero-order chi connectivity index (χ0) is 18.6. The number of carboxylic acids is 2. The zero-order valence-electron chi connectivity index (χ0n) is 14.6. The first-order valence-electron chi connectivity index (χ1n) is 7.85. The summed E-state index contributed by atoms with van der Waals surface area (Å²) in [6, 6.07) is 0. The fourth-order valence-electron chi connectivity index (χ4n) is 2.43. The summed E-state index contributed by atoms with van der Waals surface area (Å²) in [5.41, 5.74) is -0.250. The van der Waals surface area contributed by atoms with Crippen molar-refractivity contribution >= 4 is 11.9 Å². The Hall–Kier alpha value is -2.68. The average molecular weight is 365 g/mol. The standard InChI is InChI=1S/C16H23N5O4.CH4/c1-16(2,3)21(8-12-17-4-6-19(12)10-14(22)23)9-13-18-5-7-20(13)11-15(24)25;/h4-7H,8-11H2,1-3H3,(H,22,23)(H,24,25);1H4. The van der Waals surface area contributed by atoms with Gasteiger partial charge in [-0.25, -0.2) is 9.97 Å². The molecule has 2 N–H and O–H groups in total. The first-order chi connectivity index (χ1) is 11.7. The molecule has 0 spiro atoms. The van der Waals surface area contributed by atoms with Gasteiger partial charge in [0.05, 0.1) is 13.1 Å². The Morgan fingerprint density at radius 2 is 1.35 bits per heavy atom. The predicted molar refractivity (Wildman–Crippen MR) is 95.5 cm³/mol. The Morgan fingerprint density at radius 3 is 1.65 bits per heavy atom. The number of imidazole rings is 2. The van der Waals surface area contributed by atoms with E-state index in [0.717, 1.165) is 0 Å². The minimum absolute atomic E-state index is 0. The van der Waals surface area contributed by atoms with Crippen molar-refractivity contribution in [3.05, 3.63) is 36.4 Å². The van der Waals surface area contributed by atoms with Gasteiger partial charge < -0.3 is 19.3 Å². The minimum atomic E-state index is -0.932. The maximum absolute atomic E-state index is 11.0. The molecule has 0 unspecified atom stereocenters. The van der Waals surface area contributed by atoms with Crippen LogP contribution in [0.3, 0.4) is 0 Å². The van der Waals surface area contributed by atoms with Crippen LogP contribution in [0, 0.1) is 0 Å². The van der Waals surface area contributed by atoms with Crippen molar-refractivity contribution in [2.24, 2.45) is 0 Å². The summed E-state index contributed by atoms with van der Waals surface area (Å²) in [5.74, 6) is -0.598. The summed E-state index contributed by atoms with van der Waals surface area (Å²) in [4.78, 5) is 32.5. The van der Waals surface area contributed by atoms with Crippen LogP contribution in [0.25, 0.3) is 0 Å². The highest BCUT2D eigenvalue weighted by Gasteiger charge is 2.25. The quantitative estimate of drug-likeness (QED) is 0.731. The summed E-state index contributed by atoms with van der Waals surface area (Å²) in [7, 11) is 0. The van der Waals surface area contributed by atoms with Gasteiger partial charge in [-0.05, 0) is 20.8 Å². The van der Waals surface area contributed by atoms with E-state index < -0.39 is 11.9 Å². The highest BCUT2D eigenvalue weighted by molar-refractivity contribution is 5.66. The van der Waals surface area contributed by atoms with E-state index in [4.69, 9.17) is 10.2 Å². The van der Waals surface area contributed by atoms with Crippen molar-refractivity contribution < 1.29 is 19.8 Å². The normalized spacial score (nSPS) is 11.4. The molecule has 0 fully saturated rings. The first-order valence-corrected chi connectivity index (χ1v) is 7.85. The maximum atomic E-state index is 11.0. The van der Waals surface area contributed by atoms with E-state index in [1.165, 1.54) is 0 Å². The van der Waals surface area contributed by atoms with E-state index in [9.17, 15) is 9.59 Å². The van der Waals surface area contributed by atoms with Crippen molar-refractivity contribution in [1.82, 2.24) is 24.0 Å². The molecule has 2 aromatic rings. The molecule has 0 aromatic carbocycles. The molecule has 0 saturated carbocycles. The van der Waals surface area contributed by atoms with Gasteiger partial charge in [0, 0.05) is 30.3 Å². The molecule has 0 radical (unpaired) electrons. The van der Waals surface area contributed by atoms with Crippen molar-refractivity contribution in [2.45, 2.75) is 59.9 Å². The monoisotopic (exact) mass is 365 g/mol. The fraction of sp³-hybridized carbons (Fsp3) is 0.529. The van der Waals surface area contributed by atoms with Crippen molar-refractivity contribution in [1.29, 1.82) is 0 Å². The molecule has 9 heteroatoms. The second-order valence-electron chi connectivity index (χ2n) is 6.76. The van der Waals surface area contributed by atoms with Crippen LogP contribution in [0.1, 0.15) is 39.8 Å². The molecule has 144 valence electrons. The molecule has 2 heterocycles. The molecule has 0 atom stereocenters. The van der Waals surface area contributed by atoms with Crippen LogP contribution in [-0.2, 0) is 35.8 Å². The van der Waals surface area contributed by atoms with Gasteiger partial charge in [-0.2, -0.15) is 0 Å². The fourth-order valence-corrected chi connectivity index (χ4v) is 2.43. The van der Waals surface area contributed by atoms with Gasteiger partial charge in [-0.3, -0.25) is 14.5 Å². The molecular weight excluding hydrogens is 338 g/mol. The third kappa shape index (κ3) is 5.69. The van der Waals surface area contributed by atoms with Gasteiger partial charge in [-0.15, -0.1) is 0 Å². The van der Waals surface area contributed by atoms with Crippen molar-refractivity contribution in [2.75, 3.05) is 0 Å². The van der Waals surface area contributed by atoms with Crippen LogP contribution >= 0.6 is 0 Å². The first kappa shape index (κ1) is 21.4. The molecule has 2 aromatic heterocycles. The van der Waals surface area contributed by atoms with Crippen LogP contribution in [0.15, 0.2) is 24.8 Å². The summed E-state index contributed by atoms with van der Waals surface area (Å²) in [6.07, 6.45) is 6.42. The Morgan fingerprint density at radius 1 is 0.962 bits per heavy atom. The van der Waals surface area contributed by atoms with E-state index in [1.54, 1.807) is 33.9 Å². The van der Waals surface area contributed by atoms with Crippen LogP contribution in [0.4, 0.5) is 0 Å². The van der Waals surface area contributed by atoms with E-state index in [-0.39, 0.29) is 26.1 Å². The third-order valence-corrected chi connectivity index (χ3v) is 3.83. The molecule has 0 aliphatic rings. The Kier molecular flexibility index (Phi) is 7.08. The second kappa shape index (κ2) is 8.61. The van der Waals surface area contributed by atoms with Gasteiger partial charge in [0.2, 0.25) is 0 Å². The van der Waals surface area contributed by atoms with Crippen LogP contribution in [-0.4, -0.2) is 51.7 Å². The highest BCUT2D eigenvalue weighted by Crippen LogP contribution is 2.20. The van der Waals surface area contributed by atoms with Gasteiger partial charge in [0.15, 0.2) is 0 Å². The van der Waals surface area contributed by atoms with Gasteiger partial charge in [-0.1, -0.05) is 7.43 Å². The van der Waals surface area contributed by atoms with Crippen molar-refractivity contribution in [3.8, 4) is 0 Å². The average Bonchev–Trinajstić information content (AvgIpc) is 3.06. The Bertz CT molecular complexity index is 688. The van der Waals surface area contributed by atoms with Crippen molar-refractivity contribution in [3.63, 3.8) is 0 Å². The molecule has 2 rings (SSSR count). The predicted octanol–water partition coefficient (Wildman–Crippen LogP) is 1.69. The molecule has 0 amide bonds. The molecular formula is C17H27N5O4. The topological polar surface area (TPSA) is 113 Å². The lowest BCUT2D eigenvalue weighted by Gasteiger charge is -2.35. The number of hydrogen-bond donors (Lipinski definition) is 2. The number of rotatable bonds is 8. The number of aliphatic carboxylic acids is 2. The number of aromatic nitrogens is 4. The zero-order valence-corrected chi connectivity index (χ0v) is 14.6. The number of nitrogens with zero attached hydrogens (tertiary/aromatic N) is 5. The molecule has 0 bridgehead atoms. The third-order valence-electron chi connectivity index (χ3n) is 3.83. The molecule has 9 nitrogen and oxygen atoms in total. The highest BCUT2D eigenvalue weighted by atomic mass is 16.4. The van der Waals surface area contributed by atoms with E-state index in [1.807, 2.05) is 20.8 Å². The molecule has 0 aliphatic heterocycles. The largest absolute Gasteiger partial charge is 0.480 e. The van der Waals surface area contributed by atoms with Gasteiger partial charge >= 0.3 is 11.9 Å². The van der Waals surface area contributed by atoms with E-state index >= 15 is 0 Å². The lowest BCUT2D eigenvalue weighted by atomic mass is 10.1. The molecule has 26 heavy (non-hydrogen) atoms. The van der Waals surface area contributed by atoms with Crippen LogP contribution in [0.2, 0.25) is 0 Å². The van der Waals surface area contributed by atoms with Crippen LogP contribution < -0.4 is 0 Å². The number of carboxylic acid groups (broad SMARTS) is 2.